The Hall–Kier alpha value is -3.22. The average Bonchev–Trinajstić information content (AvgIpc) is 2.57. The SMILES string of the molecule is Nc1ccc(OC2=NC(c3cccnc3)N=CC2C(=O)O)cc1. The molecule has 0 aliphatic carbocycles. The van der Waals surface area contributed by atoms with Crippen molar-refractivity contribution in [3.63, 3.8) is 0 Å². The van der Waals surface area contributed by atoms with Crippen molar-refractivity contribution < 1.29 is 14.6 Å². The first kappa shape index (κ1) is 14.7. The fourth-order valence-corrected chi connectivity index (χ4v) is 2.07. The molecule has 0 fully saturated rings. The number of carboxylic acid groups (broad SMARTS) is 1. The van der Waals surface area contributed by atoms with Gasteiger partial charge in [-0.05, 0) is 30.3 Å². The van der Waals surface area contributed by atoms with Crippen molar-refractivity contribution in [3.8, 4) is 5.75 Å². The lowest BCUT2D eigenvalue weighted by atomic mass is 10.1. The molecule has 0 spiro atoms. The molecule has 0 amide bonds. The lowest BCUT2D eigenvalue weighted by Gasteiger charge is -2.20. The van der Waals surface area contributed by atoms with E-state index in [0.29, 0.717) is 11.4 Å². The van der Waals surface area contributed by atoms with Gasteiger partial charge < -0.3 is 15.6 Å². The Morgan fingerprint density at radius 1 is 1.22 bits per heavy atom. The highest BCUT2D eigenvalue weighted by molar-refractivity contribution is 6.12. The normalized spacial score (nSPS) is 19.9. The lowest BCUT2D eigenvalue weighted by Crippen LogP contribution is -2.32. The van der Waals surface area contributed by atoms with Gasteiger partial charge in [-0.3, -0.25) is 14.8 Å². The second-order valence-corrected chi connectivity index (χ2v) is 4.91. The zero-order valence-corrected chi connectivity index (χ0v) is 12.0. The van der Waals surface area contributed by atoms with Gasteiger partial charge in [0.15, 0.2) is 12.1 Å². The molecule has 1 aliphatic heterocycles. The molecular formula is C16H14N4O3. The number of nitrogen functional groups attached to an aromatic ring is 1. The zero-order chi connectivity index (χ0) is 16.2. The summed E-state index contributed by atoms with van der Waals surface area (Å²) in [5.74, 6) is -1.57. The molecule has 0 saturated carbocycles. The lowest BCUT2D eigenvalue weighted by molar-refractivity contribution is -0.137. The minimum absolute atomic E-state index is 0.0751. The Kier molecular flexibility index (Phi) is 4.01. The summed E-state index contributed by atoms with van der Waals surface area (Å²) in [5, 5.41) is 9.30. The molecule has 3 rings (SSSR count). The summed E-state index contributed by atoms with van der Waals surface area (Å²) in [5.41, 5.74) is 6.97. The van der Waals surface area contributed by atoms with E-state index in [1.807, 2.05) is 6.07 Å². The van der Waals surface area contributed by atoms with E-state index in [2.05, 4.69) is 15.0 Å². The number of hydrogen-bond acceptors (Lipinski definition) is 6. The Morgan fingerprint density at radius 2 is 2.00 bits per heavy atom. The smallest absolute Gasteiger partial charge is 0.321 e. The predicted octanol–water partition coefficient (Wildman–Crippen LogP) is 1.93. The minimum Gasteiger partial charge on any atom is -0.480 e. The van der Waals surface area contributed by atoms with Crippen molar-refractivity contribution in [1.29, 1.82) is 0 Å². The molecule has 1 aliphatic rings. The van der Waals surface area contributed by atoms with Gasteiger partial charge in [-0.1, -0.05) is 6.07 Å². The summed E-state index contributed by atoms with van der Waals surface area (Å²) in [6.07, 6.45) is 4.04. The van der Waals surface area contributed by atoms with E-state index in [1.165, 1.54) is 6.21 Å². The van der Waals surface area contributed by atoms with Crippen molar-refractivity contribution in [3.05, 3.63) is 54.4 Å². The number of hydrogen-bond donors (Lipinski definition) is 2. The van der Waals surface area contributed by atoms with Crippen LogP contribution < -0.4 is 10.5 Å². The third-order valence-electron chi connectivity index (χ3n) is 3.24. The number of pyridine rings is 1. The molecule has 2 heterocycles. The first-order valence-corrected chi connectivity index (χ1v) is 6.90. The highest BCUT2D eigenvalue weighted by Crippen LogP contribution is 2.24. The van der Waals surface area contributed by atoms with Gasteiger partial charge in [-0.25, -0.2) is 4.99 Å². The number of benzene rings is 1. The quantitative estimate of drug-likeness (QED) is 0.842. The van der Waals surface area contributed by atoms with E-state index in [9.17, 15) is 9.90 Å². The van der Waals surface area contributed by atoms with Crippen molar-refractivity contribution in [2.75, 3.05) is 5.73 Å². The molecule has 2 atom stereocenters. The first-order valence-electron chi connectivity index (χ1n) is 6.90. The van der Waals surface area contributed by atoms with Crippen LogP contribution in [0, 0.1) is 5.92 Å². The molecule has 0 bridgehead atoms. The van der Waals surface area contributed by atoms with Crippen molar-refractivity contribution in [1.82, 2.24) is 4.98 Å². The van der Waals surface area contributed by atoms with Crippen LogP contribution >= 0.6 is 0 Å². The van der Waals surface area contributed by atoms with Crippen LogP contribution in [0.1, 0.15) is 11.7 Å². The van der Waals surface area contributed by atoms with Crippen molar-refractivity contribution in [2.24, 2.45) is 15.9 Å². The van der Waals surface area contributed by atoms with E-state index < -0.39 is 18.1 Å². The van der Waals surface area contributed by atoms with E-state index in [0.717, 1.165) is 5.56 Å². The number of nitrogens with two attached hydrogens (primary N) is 1. The maximum atomic E-state index is 11.4. The van der Waals surface area contributed by atoms with Gasteiger partial charge in [0, 0.05) is 29.9 Å². The van der Waals surface area contributed by atoms with Crippen LogP contribution in [0.4, 0.5) is 5.69 Å². The number of aromatic nitrogens is 1. The molecule has 1 aromatic carbocycles. The molecule has 1 aromatic heterocycles. The summed E-state index contributed by atoms with van der Waals surface area (Å²) in [6.45, 7) is 0. The Morgan fingerprint density at radius 3 is 2.65 bits per heavy atom. The minimum atomic E-state index is -1.08. The average molecular weight is 310 g/mol. The topological polar surface area (TPSA) is 110 Å². The number of carbonyl (C=O) groups is 1. The monoisotopic (exact) mass is 310 g/mol. The number of rotatable bonds is 3. The molecular weight excluding hydrogens is 296 g/mol. The molecule has 116 valence electrons. The molecule has 0 radical (unpaired) electrons. The fraction of sp³-hybridized carbons (Fsp3) is 0.125. The summed E-state index contributed by atoms with van der Waals surface area (Å²) in [7, 11) is 0. The molecule has 7 heteroatoms. The second kappa shape index (κ2) is 6.27. The molecule has 2 unspecified atom stereocenters. The van der Waals surface area contributed by atoms with Gasteiger partial charge in [0.05, 0.1) is 0 Å². The largest absolute Gasteiger partial charge is 0.480 e. The highest BCUT2D eigenvalue weighted by atomic mass is 16.5. The third-order valence-corrected chi connectivity index (χ3v) is 3.24. The van der Waals surface area contributed by atoms with Crippen LogP contribution in [0.3, 0.4) is 0 Å². The van der Waals surface area contributed by atoms with Crippen LogP contribution in [-0.2, 0) is 4.79 Å². The van der Waals surface area contributed by atoms with E-state index in [-0.39, 0.29) is 5.90 Å². The van der Waals surface area contributed by atoms with Crippen LogP contribution in [0.25, 0.3) is 0 Å². The predicted molar refractivity (Wildman–Crippen MR) is 85.5 cm³/mol. The molecule has 7 nitrogen and oxygen atoms in total. The van der Waals surface area contributed by atoms with Crippen molar-refractivity contribution in [2.45, 2.75) is 6.17 Å². The van der Waals surface area contributed by atoms with Crippen LogP contribution in [-0.4, -0.2) is 28.2 Å². The first-order chi connectivity index (χ1) is 11.1. The zero-order valence-electron chi connectivity index (χ0n) is 12.0. The maximum Gasteiger partial charge on any atom is 0.321 e. The van der Waals surface area contributed by atoms with Gasteiger partial charge in [-0.2, -0.15) is 0 Å². The van der Waals surface area contributed by atoms with Gasteiger partial charge >= 0.3 is 5.97 Å². The number of aliphatic imine (C=N–C) groups is 2. The van der Waals surface area contributed by atoms with Crippen LogP contribution in [0.5, 0.6) is 5.75 Å². The van der Waals surface area contributed by atoms with E-state index in [4.69, 9.17) is 10.5 Å². The number of aliphatic carboxylic acids is 1. The fourth-order valence-electron chi connectivity index (χ4n) is 2.07. The highest BCUT2D eigenvalue weighted by Gasteiger charge is 2.29. The number of anilines is 1. The Balaban J connectivity index is 1.90. The van der Waals surface area contributed by atoms with Gasteiger partial charge in [0.2, 0.25) is 5.90 Å². The van der Waals surface area contributed by atoms with E-state index >= 15 is 0 Å². The number of carboxylic acids is 1. The van der Waals surface area contributed by atoms with Crippen LogP contribution in [0.15, 0.2) is 58.8 Å². The molecule has 23 heavy (non-hydrogen) atoms. The summed E-state index contributed by atoms with van der Waals surface area (Å²) in [6, 6.07) is 10.2. The Labute approximate surface area is 132 Å². The standard InChI is InChI=1S/C16H14N4O3/c17-11-3-5-12(6-4-11)23-15-13(16(21)22)9-19-14(20-15)10-2-1-7-18-8-10/h1-9,13-14H,17H2,(H,21,22). The Bertz CT molecular complexity index is 757. The van der Waals surface area contributed by atoms with Gasteiger partial charge in [-0.15, -0.1) is 0 Å². The van der Waals surface area contributed by atoms with Crippen molar-refractivity contribution >= 4 is 23.8 Å². The second-order valence-electron chi connectivity index (χ2n) is 4.91. The van der Waals surface area contributed by atoms with Gasteiger partial charge in [0.1, 0.15) is 5.75 Å². The summed E-state index contributed by atoms with van der Waals surface area (Å²) in [4.78, 5) is 23.9. The molecule has 3 N–H and O–H groups in total. The summed E-state index contributed by atoms with van der Waals surface area (Å²) >= 11 is 0. The van der Waals surface area contributed by atoms with Gasteiger partial charge in [0.25, 0.3) is 0 Å². The van der Waals surface area contributed by atoms with Crippen LogP contribution in [0.2, 0.25) is 0 Å². The molecule has 0 saturated heterocycles. The molecule has 2 aromatic rings. The number of nitrogens with zero attached hydrogens (tertiary/aromatic N) is 3. The van der Waals surface area contributed by atoms with E-state index in [1.54, 1.807) is 42.7 Å². The maximum absolute atomic E-state index is 11.4. The third kappa shape index (κ3) is 3.34. The summed E-state index contributed by atoms with van der Waals surface area (Å²) < 4.78 is 5.64. The number of ether oxygens (including phenoxy) is 1.